The van der Waals surface area contributed by atoms with Crippen molar-refractivity contribution < 1.29 is 4.79 Å². The quantitative estimate of drug-likeness (QED) is 0.847. The van der Waals surface area contributed by atoms with Crippen LogP contribution in [0.1, 0.15) is 47.1 Å². The fourth-order valence-corrected chi connectivity index (χ4v) is 4.47. The van der Waals surface area contributed by atoms with Crippen molar-refractivity contribution in [1.82, 2.24) is 14.4 Å². The van der Waals surface area contributed by atoms with Crippen LogP contribution in [0.15, 0.2) is 36.4 Å². The van der Waals surface area contributed by atoms with Crippen LogP contribution in [-0.2, 0) is 26.6 Å². The lowest BCUT2D eigenvalue weighted by atomic mass is 10.00. The largest absolute Gasteiger partial charge is 0.343 e. The zero-order chi connectivity index (χ0) is 18.1. The minimum atomic E-state index is 0.211. The number of fused-ring (bicyclic) bond motifs is 1. The Hall–Kier alpha value is -2.07. The number of piperidine rings is 1. The molecule has 0 spiro atoms. The summed E-state index contributed by atoms with van der Waals surface area (Å²) < 4.78 is 2.15. The average Bonchev–Trinajstić information content (AvgIpc) is 2.98. The summed E-state index contributed by atoms with van der Waals surface area (Å²) in [7, 11) is 2.06. The molecule has 3 heterocycles. The van der Waals surface area contributed by atoms with Gasteiger partial charge >= 0.3 is 0 Å². The van der Waals surface area contributed by atoms with Gasteiger partial charge in [0.2, 0.25) is 0 Å². The molecule has 2 aromatic rings. The molecular formula is C22H29N3O. The van der Waals surface area contributed by atoms with Gasteiger partial charge < -0.3 is 9.47 Å². The summed E-state index contributed by atoms with van der Waals surface area (Å²) in [6, 6.07) is 12.8. The number of nitrogens with zero attached hydrogens (tertiary/aromatic N) is 3. The molecule has 1 aromatic carbocycles. The molecule has 26 heavy (non-hydrogen) atoms. The lowest BCUT2D eigenvalue weighted by Gasteiger charge is -2.31. The van der Waals surface area contributed by atoms with Crippen LogP contribution in [0.4, 0.5) is 0 Å². The van der Waals surface area contributed by atoms with E-state index in [0.717, 1.165) is 51.3 Å². The molecule has 0 radical (unpaired) electrons. The zero-order valence-electron chi connectivity index (χ0n) is 15.9. The van der Waals surface area contributed by atoms with E-state index >= 15 is 0 Å². The smallest absolute Gasteiger partial charge is 0.270 e. The first-order chi connectivity index (χ1) is 12.6. The SMILES string of the molecule is CC1CCCN(C(=O)c2cc3c(n2C)CCN(Cc2ccccc2)C3)C1. The Kier molecular flexibility index (Phi) is 4.86. The highest BCUT2D eigenvalue weighted by Gasteiger charge is 2.28. The highest BCUT2D eigenvalue weighted by molar-refractivity contribution is 5.93. The van der Waals surface area contributed by atoms with Gasteiger partial charge in [-0.25, -0.2) is 0 Å². The molecule has 0 N–H and O–H groups in total. The lowest BCUT2D eigenvalue weighted by Crippen LogP contribution is -2.39. The van der Waals surface area contributed by atoms with Gasteiger partial charge in [-0.3, -0.25) is 9.69 Å². The van der Waals surface area contributed by atoms with Crippen molar-refractivity contribution >= 4 is 5.91 Å². The third-order valence-corrected chi connectivity index (χ3v) is 5.92. The molecule has 4 nitrogen and oxygen atoms in total. The van der Waals surface area contributed by atoms with E-state index in [2.05, 4.69) is 64.7 Å². The molecule has 1 saturated heterocycles. The summed E-state index contributed by atoms with van der Waals surface area (Å²) in [4.78, 5) is 17.6. The van der Waals surface area contributed by atoms with Gasteiger partial charge in [-0.2, -0.15) is 0 Å². The number of rotatable bonds is 3. The van der Waals surface area contributed by atoms with E-state index in [9.17, 15) is 4.79 Å². The van der Waals surface area contributed by atoms with Crippen LogP contribution in [0.5, 0.6) is 0 Å². The molecule has 1 aromatic heterocycles. The summed E-state index contributed by atoms with van der Waals surface area (Å²) in [5.41, 5.74) is 4.88. The van der Waals surface area contributed by atoms with Crippen molar-refractivity contribution in [2.24, 2.45) is 13.0 Å². The number of benzene rings is 1. The molecule has 1 atom stereocenters. The molecule has 4 rings (SSSR count). The van der Waals surface area contributed by atoms with E-state index in [4.69, 9.17) is 0 Å². The normalized spacial score (nSPS) is 20.8. The third-order valence-electron chi connectivity index (χ3n) is 5.92. The molecular weight excluding hydrogens is 322 g/mol. The van der Waals surface area contributed by atoms with E-state index in [0.29, 0.717) is 5.92 Å². The van der Waals surface area contributed by atoms with Gasteiger partial charge in [0.1, 0.15) is 5.69 Å². The van der Waals surface area contributed by atoms with Gasteiger partial charge in [-0.1, -0.05) is 37.3 Å². The maximum Gasteiger partial charge on any atom is 0.270 e. The van der Waals surface area contributed by atoms with Gasteiger partial charge in [0.05, 0.1) is 0 Å². The zero-order valence-corrected chi connectivity index (χ0v) is 15.9. The summed E-state index contributed by atoms with van der Waals surface area (Å²) in [6.07, 6.45) is 3.38. The summed E-state index contributed by atoms with van der Waals surface area (Å²) in [6.45, 7) is 7.00. The van der Waals surface area contributed by atoms with Crippen molar-refractivity contribution in [1.29, 1.82) is 0 Å². The third kappa shape index (κ3) is 3.43. The van der Waals surface area contributed by atoms with Crippen LogP contribution in [0.3, 0.4) is 0 Å². The number of amides is 1. The second kappa shape index (κ2) is 7.28. The van der Waals surface area contributed by atoms with Crippen molar-refractivity contribution in [3.8, 4) is 0 Å². The number of carbonyl (C=O) groups is 1. The Morgan fingerprint density at radius 1 is 1.19 bits per heavy atom. The molecule has 0 aliphatic carbocycles. The van der Waals surface area contributed by atoms with E-state index in [1.165, 1.54) is 23.2 Å². The number of likely N-dealkylation sites (tertiary alicyclic amines) is 1. The Bertz CT molecular complexity index is 780. The average molecular weight is 351 g/mol. The lowest BCUT2D eigenvalue weighted by molar-refractivity contribution is 0.0673. The van der Waals surface area contributed by atoms with Gasteiger partial charge in [0.15, 0.2) is 0 Å². The molecule has 4 heteroatoms. The summed E-state index contributed by atoms with van der Waals surface area (Å²) in [5, 5.41) is 0. The van der Waals surface area contributed by atoms with Gasteiger partial charge in [0.25, 0.3) is 5.91 Å². The molecule has 2 aliphatic rings. The van der Waals surface area contributed by atoms with E-state index in [-0.39, 0.29) is 5.91 Å². The first-order valence-electron chi connectivity index (χ1n) is 9.85. The van der Waals surface area contributed by atoms with Crippen LogP contribution >= 0.6 is 0 Å². The number of hydrogen-bond acceptors (Lipinski definition) is 2. The van der Waals surface area contributed by atoms with Crippen LogP contribution in [0, 0.1) is 5.92 Å². The van der Waals surface area contributed by atoms with E-state index < -0.39 is 0 Å². The van der Waals surface area contributed by atoms with Crippen molar-refractivity contribution in [2.45, 2.75) is 39.3 Å². The summed E-state index contributed by atoms with van der Waals surface area (Å²) in [5.74, 6) is 0.826. The van der Waals surface area contributed by atoms with Crippen LogP contribution in [0.25, 0.3) is 0 Å². The fraction of sp³-hybridized carbons (Fsp3) is 0.500. The number of aromatic nitrogens is 1. The monoisotopic (exact) mass is 351 g/mol. The maximum atomic E-state index is 13.0. The molecule has 1 fully saturated rings. The van der Waals surface area contributed by atoms with Crippen LogP contribution in [0.2, 0.25) is 0 Å². The highest BCUT2D eigenvalue weighted by Crippen LogP contribution is 2.26. The Labute approximate surface area is 156 Å². The molecule has 138 valence electrons. The van der Waals surface area contributed by atoms with Crippen molar-refractivity contribution in [3.63, 3.8) is 0 Å². The Balaban J connectivity index is 1.50. The molecule has 0 bridgehead atoms. The molecule has 1 unspecified atom stereocenters. The van der Waals surface area contributed by atoms with Crippen LogP contribution < -0.4 is 0 Å². The topological polar surface area (TPSA) is 28.5 Å². The molecule has 0 saturated carbocycles. The number of carbonyl (C=O) groups excluding carboxylic acids is 1. The molecule has 1 amide bonds. The van der Waals surface area contributed by atoms with Crippen molar-refractivity contribution in [3.05, 3.63) is 58.9 Å². The van der Waals surface area contributed by atoms with E-state index in [1.807, 2.05) is 0 Å². The summed E-state index contributed by atoms with van der Waals surface area (Å²) >= 11 is 0. The highest BCUT2D eigenvalue weighted by atomic mass is 16.2. The first kappa shape index (κ1) is 17.3. The molecule has 2 aliphatic heterocycles. The van der Waals surface area contributed by atoms with E-state index in [1.54, 1.807) is 0 Å². The van der Waals surface area contributed by atoms with Crippen LogP contribution in [-0.4, -0.2) is 39.9 Å². The predicted molar refractivity (Wildman–Crippen MR) is 104 cm³/mol. The maximum absolute atomic E-state index is 13.0. The van der Waals surface area contributed by atoms with Gasteiger partial charge in [0, 0.05) is 51.9 Å². The Morgan fingerprint density at radius 3 is 2.77 bits per heavy atom. The number of hydrogen-bond donors (Lipinski definition) is 0. The minimum absolute atomic E-state index is 0.211. The predicted octanol–water partition coefficient (Wildman–Crippen LogP) is 3.46. The van der Waals surface area contributed by atoms with Gasteiger partial charge in [-0.15, -0.1) is 0 Å². The Morgan fingerprint density at radius 2 is 2.00 bits per heavy atom. The standard InChI is InChI=1S/C22H29N3O/c1-17-7-6-11-25(14-17)22(26)21-13-19-16-24(12-10-20(19)23(21)2)15-18-8-4-3-5-9-18/h3-5,8-9,13,17H,6-7,10-12,14-16H2,1-2H3. The van der Waals surface area contributed by atoms with Crippen molar-refractivity contribution in [2.75, 3.05) is 19.6 Å². The second-order valence-electron chi connectivity index (χ2n) is 8.01. The van der Waals surface area contributed by atoms with Gasteiger partial charge in [-0.05, 0) is 36.0 Å². The fourth-order valence-electron chi connectivity index (χ4n) is 4.47. The minimum Gasteiger partial charge on any atom is -0.343 e. The second-order valence-corrected chi connectivity index (χ2v) is 8.01. The first-order valence-corrected chi connectivity index (χ1v) is 9.85.